The Bertz CT molecular complexity index is 812. The maximum absolute atomic E-state index is 11.3. The van der Waals surface area contributed by atoms with Gasteiger partial charge in [-0.2, -0.15) is 0 Å². The normalized spacial score (nSPS) is 17.2. The van der Waals surface area contributed by atoms with Crippen LogP contribution in [0.1, 0.15) is 31.7 Å². The highest BCUT2D eigenvalue weighted by atomic mass is 16.6. The van der Waals surface area contributed by atoms with Gasteiger partial charge in [0, 0.05) is 18.2 Å². The summed E-state index contributed by atoms with van der Waals surface area (Å²) >= 11 is 0. The zero-order valence-electron chi connectivity index (χ0n) is 15.8. The molecule has 5 heteroatoms. The van der Waals surface area contributed by atoms with Gasteiger partial charge in [0.05, 0.1) is 13.1 Å². The highest BCUT2D eigenvalue weighted by molar-refractivity contribution is 5.76. The number of Topliss-reactive ketones (excluding diaryl/α,β-unsaturated/α-hetero) is 1. The molecule has 1 atom stereocenters. The quantitative estimate of drug-likeness (QED) is 0.777. The summed E-state index contributed by atoms with van der Waals surface area (Å²) in [5, 5.41) is 0. The topological polar surface area (TPSA) is 48.0 Å². The Kier molecular flexibility index (Phi) is 4.92. The van der Waals surface area contributed by atoms with Crippen LogP contribution in [-0.4, -0.2) is 38.2 Å². The van der Waals surface area contributed by atoms with Crippen molar-refractivity contribution in [3.8, 4) is 17.2 Å². The summed E-state index contributed by atoms with van der Waals surface area (Å²) in [6.07, 6.45) is 0.756. The van der Waals surface area contributed by atoms with Gasteiger partial charge in [0.25, 0.3) is 0 Å². The SMILES string of the molecule is CC(=O)C[C@@H](C)c1ccc(OC2CN(c3ccc4c(c3)OCCO4)C2)cc1. The number of fused-ring (bicyclic) bond motifs is 1. The molecule has 0 saturated carbocycles. The van der Waals surface area contributed by atoms with Gasteiger partial charge in [-0.25, -0.2) is 0 Å². The van der Waals surface area contributed by atoms with Crippen molar-refractivity contribution in [3.63, 3.8) is 0 Å². The number of carbonyl (C=O) groups excluding carboxylic acids is 1. The van der Waals surface area contributed by atoms with E-state index in [4.69, 9.17) is 14.2 Å². The Morgan fingerprint density at radius 1 is 1.11 bits per heavy atom. The van der Waals surface area contributed by atoms with Crippen molar-refractivity contribution >= 4 is 11.5 Å². The fraction of sp³-hybridized carbons (Fsp3) is 0.409. The Hall–Kier alpha value is -2.69. The van der Waals surface area contributed by atoms with Gasteiger partial charge in [0.1, 0.15) is 30.9 Å². The molecule has 5 nitrogen and oxygen atoms in total. The molecule has 2 aliphatic rings. The molecule has 4 rings (SSSR count). The van der Waals surface area contributed by atoms with Crippen molar-refractivity contribution in [1.29, 1.82) is 0 Å². The highest BCUT2D eigenvalue weighted by Crippen LogP contribution is 2.35. The van der Waals surface area contributed by atoms with Crippen molar-refractivity contribution in [2.75, 3.05) is 31.2 Å². The highest BCUT2D eigenvalue weighted by Gasteiger charge is 2.29. The molecule has 0 N–H and O–H groups in total. The molecule has 0 radical (unpaired) electrons. The van der Waals surface area contributed by atoms with E-state index in [-0.39, 0.29) is 17.8 Å². The van der Waals surface area contributed by atoms with E-state index >= 15 is 0 Å². The molecule has 0 aromatic heterocycles. The van der Waals surface area contributed by atoms with Crippen LogP contribution in [0.2, 0.25) is 0 Å². The smallest absolute Gasteiger partial charge is 0.163 e. The molecule has 1 fully saturated rings. The second kappa shape index (κ2) is 7.51. The molecule has 0 aliphatic carbocycles. The molecule has 2 aromatic rings. The standard InChI is InChI=1S/C22H25NO4/c1-15(11-16(2)24)17-3-6-19(7-4-17)27-20-13-23(14-20)18-5-8-21-22(12-18)26-10-9-25-21/h3-8,12,15,20H,9-11,13-14H2,1-2H3/t15-/m1/s1. The van der Waals surface area contributed by atoms with Crippen LogP contribution in [0.25, 0.3) is 0 Å². The maximum atomic E-state index is 11.3. The minimum atomic E-state index is 0.179. The van der Waals surface area contributed by atoms with E-state index in [0.717, 1.165) is 36.0 Å². The molecule has 0 bridgehead atoms. The number of hydrogen-bond donors (Lipinski definition) is 0. The van der Waals surface area contributed by atoms with Gasteiger partial charge in [-0.15, -0.1) is 0 Å². The molecule has 1 saturated heterocycles. The molecule has 142 valence electrons. The monoisotopic (exact) mass is 367 g/mol. The molecule has 2 aliphatic heterocycles. The fourth-order valence-electron chi connectivity index (χ4n) is 3.57. The third-order valence-corrected chi connectivity index (χ3v) is 5.08. The summed E-state index contributed by atoms with van der Waals surface area (Å²) in [5.74, 6) is 2.97. The third kappa shape index (κ3) is 4.02. The van der Waals surface area contributed by atoms with E-state index in [0.29, 0.717) is 19.6 Å². The van der Waals surface area contributed by atoms with Crippen molar-refractivity contribution in [2.24, 2.45) is 0 Å². The first-order valence-electron chi connectivity index (χ1n) is 9.49. The van der Waals surface area contributed by atoms with E-state index < -0.39 is 0 Å². The Balaban J connectivity index is 1.31. The van der Waals surface area contributed by atoms with Crippen LogP contribution in [0.5, 0.6) is 17.2 Å². The summed E-state index contributed by atoms with van der Waals surface area (Å²) in [5.41, 5.74) is 2.30. The lowest BCUT2D eigenvalue weighted by molar-refractivity contribution is -0.117. The molecule has 27 heavy (non-hydrogen) atoms. The molecular formula is C22H25NO4. The van der Waals surface area contributed by atoms with Crippen molar-refractivity contribution in [1.82, 2.24) is 0 Å². The zero-order valence-corrected chi connectivity index (χ0v) is 15.8. The van der Waals surface area contributed by atoms with E-state index in [9.17, 15) is 4.79 Å². The number of ketones is 1. The number of anilines is 1. The lowest BCUT2D eigenvalue weighted by Gasteiger charge is -2.41. The summed E-state index contributed by atoms with van der Waals surface area (Å²) < 4.78 is 17.3. The minimum Gasteiger partial charge on any atom is -0.487 e. The summed E-state index contributed by atoms with van der Waals surface area (Å²) in [6, 6.07) is 14.2. The van der Waals surface area contributed by atoms with Crippen LogP contribution in [0.4, 0.5) is 5.69 Å². The number of rotatable bonds is 6. The third-order valence-electron chi connectivity index (χ3n) is 5.08. The van der Waals surface area contributed by atoms with Crippen LogP contribution in [-0.2, 0) is 4.79 Å². The second-order valence-electron chi connectivity index (χ2n) is 7.35. The zero-order chi connectivity index (χ0) is 18.8. The molecule has 2 heterocycles. The van der Waals surface area contributed by atoms with Crippen molar-refractivity contribution in [3.05, 3.63) is 48.0 Å². The predicted octanol–water partition coefficient (Wildman–Crippen LogP) is 3.81. The predicted molar refractivity (Wildman–Crippen MR) is 104 cm³/mol. The Labute approximate surface area is 159 Å². The first-order valence-corrected chi connectivity index (χ1v) is 9.49. The maximum Gasteiger partial charge on any atom is 0.163 e. The van der Waals surface area contributed by atoms with Gasteiger partial charge in [-0.3, -0.25) is 0 Å². The van der Waals surface area contributed by atoms with Crippen molar-refractivity contribution < 1.29 is 19.0 Å². The van der Waals surface area contributed by atoms with Crippen LogP contribution < -0.4 is 19.1 Å². The first-order chi connectivity index (χ1) is 13.1. The lowest BCUT2D eigenvalue weighted by Crippen LogP contribution is -2.54. The van der Waals surface area contributed by atoms with E-state index in [1.54, 1.807) is 6.92 Å². The fourth-order valence-corrected chi connectivity index (χ4v) is 3.57. The van der Waals surface area contributed by atoms with Crippen LogP contribution in [0.15, 0.2) is 42.5 Å². The second-order valence-corrected chi connectivity index (χ2v) is 7.35. The van der Waals surface area contributed by atoms with E-state index in [1.807, 2.05) is 24.3 Å². The lowest BCUT2D eigenvalue weighted by atomic mass is 9.96. The summed E-state index contributed by atoms with van der Waals surface area (Å²) in [7, 11) is 0. The largest absolute Gasteiger partial charge is 0.487 e. The van der Waals surface area contributed by atoms with E-state index in [1.165, 1.54) is 5.56 Å². The minimum absolute atomic E-state index is 0.179. The molecule has 0 spiro atoms. The average molecular weight is 367 g/mol. The number of ether oxygens (including phenoxy) is 3. The molecule has 2 aromatic carbocycles. The summed E-state index contributed by atoms with van der Waals surface area (Å²) in [4.78, 5) is 13.5. The molecular weight excluding hydrogens is 342 g/mol. The number of nitrogens with zero attached hydrogens (tertiary/aromatic N) is 1. The van der Waals surface area contributed by atoms with Crippen LogP contribution >= 0.6 is 0 Å². The number of benzene rings is 2. The Morgan fingerprint density at radius 3 is 2.52 bits per heavy atom. The average Bonchev–Trinajstić information content (AvgIpc) is 2.64. The molecule has 0 unspecified atom stereocenters. The van der Waals surface area contributed by atoms with Gasteiger partial charge in [-0.1, -0.05) is 19.1 Å². The van der Waals surface area contributed by atoms with Crippen molar-refractivity contribution in [2.45, 2.75) is 32.3 Å². The first kappa shape index (κ1) is 17.7. The number of carbonyl (C=O) groups is 1. The summed E-state index contributed by atoms with van der Waals surface area (Å²) in [6.45, 7) is 6.62. The van der Waals surface area contributed by atoms with Gasteiger partial charge in [-0.05, 0) is 42.7 Å². The van der Waals surface area contributed by atoms with Crippen LogP contribution in [0, 0.1) is 0 Å². The number of hydrogen-bond acceptors (Lipinski definition) is 5. The molecule has 0 amide bonds. The van der Waals surface area contributed by atoms with Crippen LogP contribution in [0.3, 0.4) is 0 Å². The van der Waals surface area contributed by atoms with E-state index in [2.05, 4.69) is 30.0 Å². The Morgan fingerprint density at radius 2 is 1.81 bits per heavy atom. The van der Waals surface area contributed by atoms with Gasteiger partial charge in [0.15, 0.2) is 11.5 Å². The van der Waals surface area contributed by atoms with Gasteiger partial charge >= 0.3 is 0 Å². The van der Waals surface area contributed by atoms with Gasteiger partial charge < -0.3 is 23.9 Å². The van der Waals surface area contributed by atoms with Gasteiger partial charge in [0.2, 0.25) is 0 Å².